The third kappa shape index (κ3) is 5.25. The Kier molecular flexibility index (Phi) is 6.48. The van der Waals surface area contributed by atoms with Gasteiger partial charge in [0.15, 0.2) is 5.69 Å². The summed E-state index contributed by atoms with van der Waals surface area (Å²) < 4.78 is 10.7. The van der Waals surface area contributed by atoms with Crippen LogP contribution in [-0.2, 0) is 4.74 Å². The van der Waals surface area contributed by atoms with E-state index in [2.05, 4.69) is 30.6 Å². The molecule has 1 aliphatic carbocycles. The van der Waals surface area contributed by atoms with Crippen molar-refractivity contribution in [3.8, 4) is 5.69 Å². The first-order valence-corrected chi connectivity index (χ1v) is 10.6. The largest absolute Gasteiger partial charge is 0.464 e. The average Bonchev–Trinajstić information content (AvgIpc) is 3.46. The molecule has 33 heavy (non-hydrogen) atoms. The van der Waals surface area contributed by atoms with Gasteiger partial charge in [-0.1, -0.05) is 5.16 Å². The number of methoxy groups -OCH3 is 1. The van der Waals surface area contributed by atoms with Crippen LogP contribution in [0, 0.1) is 12.8 Å². The Balaban J connectivity index is 1.32. The fraction of sp³-hybridized carbons (Fsp3) is 0.364. The molecule has 172 valence electrons. The monoisotopic (exact) mass is 452 g/mol. The smallest absolute Gasteiger partial charge is 0.358 e. The topological polar surface area (TPSA) is 141 Å². The lowest BCUT2D eigenvalue weighted by molar-refractivity contribution is 0.0591. The molecular weight excluding hydrogens is 428 g/mol. The molecule has 0 unspecified atom stereocenters. The van der Waals surface area contributed by atoms with Crippen LogP contribution in [0.2, 0.25) is 0 Å². The minimum absolute atomic E-state index is 0.0295. The molecule has 1 amide bonds. The van der Waals surface area contributed by atoms with E-state index in [1.54, 1.807) is 25.1 Å². The van der Waals surface area contributed by atoms with Crippen LogP contribution in [0.1, 0.15) is 46.0 Å². The van der Waals surface area contributed by atoms with E-state index in [1.165, 1.54) is 25.4 Å². The van der Waals surface area contributed by atoms with Gasteiger partial charge in [-0.05, 0) is 50.3 Å². The van der Waals surface area contributed by atoms with Crippen LogP contribution in [0.5, 0.6) is 0 Å². The number of aromatic nitrogens is 4. The average molecular weight is 452 g/mol. The first kappa shape index (κ1) is 22.2. The van der Waals surface area contributed by atoms with Crippen LogP contribution in [0.3, 0.4) is 0 Å². The minimum Gasteiger partial charge on any atom is -0.464 e. The van der Waals surface area contributed by atoms with Crippen molar-refractivity contribution >= 4 is 17.7 Å². The second kappa shape index (κ2) is 9.63. The Hall–Kier alpha value is -4.02. The van der Waals surface area contributed by atoms with Gasteiger partial charge in [-0.3, -0.25) is 9.59 Å². The predicted molar refractivity (Wildman–Crippen MR) is 117 cm³/mol. The fourth-order valence-corrected chi connectivity index (χ4v) is 3.80. The highest BCUT2D eigenvalue weighted by Crippen LogP contribution is 2.27. The molecule has 3 heterocycles. The van der Waals surface area contributed by atoms with Gasteiger partial charge in [-0.25, -0.2) is 9.78 Å². The molecular formula is C22H24N6O5. The van der Waals surface area contributed by atoms with Crippen LogP contribution in [0.4, 0.5) is 5.82 Å². The highest BCUT2D eigenvalue weighted by Gasteiger charge is 2.25. The summed E-state index contributed by atoms with van der Waals surface area (Å²) in [5.41, 5.74) is 0.750. The zero-order valence-corrected chi connectivity index (χ0v) is 18.3. The van der Waals surface area contributed by atoms with Gasteiger partial charge < -0.3 is 19.9 Å². The molecule has 11 nitrogen and oxygen atoms in total. The van der Waals surface area contributed by atoms with Crippen LogP contribution in [0.25, 0.3) is 5.69 Å². The maximum absolute atomic E-state index is 12.1. The van der Waals surface area contributed by atoms with Crippen LogP contribution < -0.4 is 16.2 Å². The molecule has 2 N–H and O–H groups in total. The predicted octanol–water partition coefficient (Wildman–Crippen LogP) is 1.72. The highest BCUT2D eigenvalue weighted by atomic mass is 16.5. The van der Waals surface area contributed by atoms with Gasteiger partial charge in [0.25, 0.3) is 11.5 Å². The van der Waals surface area contributed by atoms with Crippen molar-refractivity contribution in [3.63, 3.8) is 0 Å². The van der Waals surface area contributed by atoms with E-state index in [-0.39, 0.29) is 29.0 Å². The fourth-order valence-electron chi connectivity index (χ4n) is 3.80. The Bertz CT molecular complexity index is 1200. The van der Waals surface area contributed by atoms with Crippen molar-refractivity contribution in [2.24, 2.45) is 5.92 Å². The number of hydrogen-bond donors (Lipinski definition) is 2. The van der Waals surface area contributed by atoms with E-state index in [0.717, 1.165) is 23.9 Å². The second-order valence-corrected chi connectivity index (χ2v) is 7.92. The molecule has 3 aromatic heterocycles. The third-order valence-corrected chi connectivity index (χ3v) is 5.48. The molecule has 0 aromatic carbocycles. The van der Waals surface area contributed by atoms with E-state index in [0.29, 0.717) is 29.7 Å². The summed E-state index contributed by atoms with van der Waals surface area (Å²) in [6.07, 6.45) is 4.34. The molecule has 3 aromatic rings. The Morgan fingerprint density at radius 1 is 1.24 bits per heavy atom. The maximum atomic E-state index is 12.1. The number of amides is 1. The summed E-state index contributed by atoms with van der Waals surface area (Å²) in [6, 6.07) is 7.87. The van der Waals surface area contributed by atoms with Gasteiger partial charge in [0.2, 0.25) is 5.76 Å². The van der Waals surface area contributed by atoms with Crippen LogP contribution in [0.15, 0.2) is 45.8 Å². The lowest BCUT2D eigenvalue weighted by atomic mass is 10.1. The van der Waals surface area contributed by atoms with Crippen molar-refractivity contribution in [1.29, 1.82) is 0 Å². The number of nitrogens with one attached hydrogen (secondary N) is 2. The number of carbonyl (C=O) groups excluding carboxylic acids is 2. The van der Waals surface area contributed by atoms with E-state index in [1.807, 2.05) is 0 Å². The number of aryl methyl sites for hydroxylation is 1. The lowest BCUT2D eigenvalue weighted by Crippen LogP contribution is -2.28. The van der Waals surface area contributed by atoms with E-state index >= 15 is 0 Å². The molecule has 0 aliphatic heterocycles. The van der Waals surface area contributed by atoms with Crippen molar-refractivity contribution < 1.29 is 18.8 Å². The first-order valence-electron chi connectivity index (χ1n) is 10.6. The molecule has 0 radical (unpaired) electrons. The second-order valence-electron chi connectivity index (χ2n) is 7.92. The van der Waals surface area contributed by atoms with E-state index in [4.69, 9.17) is 4.52 Å². The van der Waals surface area contributed by atoms with E-state index < -0.39 is 5.97 Å². The summed E-state index contributed by atoms with van der Waals surface area (Å²) >= 11 is 0. The minimum atomic E-state index is -0.627. The van der Waals surface area contributed by atoms with Gasteiger partial charge in [0, 0.05) is 24.7 Å². The number of esters is 1. The summed E-state index contributed by atoms with van der Waals surface area (Å²) in [5, 5.41) is 14.1. The zero-order chi connectivity index (χ0) is 23.4. The molecule has 1 aliphatic rings. The SMILES string of the molecule is COC(=O)c1ccc(=O)n(-c2ccc(N[C@H]3CC[C@@H](CNC(=O)c4cc(C)no4)C3)nc2)n1. The van der Waals surface area contributed by atoms with Gasteiger partial charge >= 0.3 is 5.97 Å². The number of pyridine rings is 1. The molecule has 0 bridgehead atoms. The number of anilines is 1. The molecule has 11 heteroatoms. The zero-order valence-electron chi connectivity index (χ0n) is 18.3. The molecule has 4 rings (SSSR count). The number of nitrogens with zero attached hydrogens (tertiary/aromatic N) is 4. The van der Waals surface area contributed by atoms with Crippen LogP contribution >= 0.6 is 0 Å². The Labute approximate surface area is 189 Å². The molecule has 2 atom stereocenters. The summed E-state index contributed by atoms with van der Waals surface area (Å²) in [5.74, 6) is 0.346. The number of carbonyl (C=O) groups is 2. The molecule has 0 saturated heterocycles. The van der Waals surface area contributed by atoms with Crippen molar-refractivity contribution in [2.45, 2.75) is 32.2 Å². The third-order valence-electron chi connectivity index (χ3n) is 5.48. The Morgan fingerprint density at radius 3 is 2.79 bits per heavy atom. The lowest BCUT2D eigenvalue weighted by Gasteiger charge is -2.15. The quantitative estimate of drug-likeness (QED) is 0.513. The van der Waals surface area contributed by atoms with Crippen molar-refractivity contribution in [2.75, 3.05) is 19.0 Å². The van der Waals surface area contributed by atoms with E-state index in [9.17, 15) is 14.4 Å². The Morgan fingerprint density at radius 2 is 2.09 bits per heavy atom. The number of hydrogen-bond acceptors (Lipinski definition) is 9. The highest BCUT2D eigenvalue weighted by molar-refractivity contribution is 5.91. The molecule has 0 spiro atoms. The van der Waals surface area contributed by atoms with Crippen LogP contribution in [-0.4, -0.2) is 51.5 Å². The van der Waals surface area contributed by atoms with Gasteiger partial charge in [-0.2, -0.15) is 9.78 Å². The number of rotatable bonds is 7. The normalized spacial score (nSPS) is 17.5. The van der Waals surface area contributed by atoms with Gasteiger partial charge in [-0.15, -0.1) is 0 Å². The summed E-state index contributed by atoms with van der Waals surface area (Å²) in [7, 11) is 1.25. The first-order chi connectivity index (χ1) is 15.9. The number of ether oxygens (including phenoxy) is 1. The molecule has 1 fully saturated rings. The summed E-state index contributed by atoms with van der Waals surface area (Å²) in [6.45, 7) is 2.33. The molecule has 1 saturated carbocycles. The van der Waals surface area contributed by atoms with Crippen molar-refractivity contribution in [3.05, 3.63) is 64.0 Å². The van der Waals surface area contributed by atoms with Gasteiger partial charge in [0.05, 0.1) is 24.7 Å². The summed E-state index contributed by atoms with van der Waals surface area (Å²) in [4.78, 5) is 40.3. The van der Waals surface area contributed by atoms with Crippen molar-refractivity contribution in [1.82, 2.24) is 25.2 Å². The standard InChI is InChI=1S/C22H24N6O5/c1-13-9-18(33-27-13)21(30)24-11-14-3-4-15(10-14)25-19-7-5-16(12-23-19)28-20(29)8-6-17(26-28)22(31)32-2/h5-9,12,14-15H,3-4,10-11H2,1-2H3,(H,23,25)(H,24,30)/t14-,15+/m1/s1. The van der Waals surface area contributed by atoms with Gasteiger partial charge in [0.1, 0.15) is 5.82 Å². The maximum Gasteiger partial charge on any atom is 0.358 e.